The van der Waals surface area contributed by atoms with Crippen molar-refractivity contribution in [2.24, 2.45) is 0 Å². The summed E-state index contributed by atoms with van der Waals surface area (Å²) in [6, 6.07) is 0. The molecule has 0 atom stereocenters. The first-order valence-corrected chi connectivity index (χ1v) is 4.28. The summed E-state index contributed by atoms with van der Waals surface area (Å²) in [5.74, 6) is -1.00. The fourth-order valence-corrected chi connectivity index (χ4v) is 1.25. The highest BCUT2D eigenvalue weighted by Gasteiger charge is 2.11. The topological polar surface area (TPSA) is 67.5 Å². The van der Waals surface area contributed by atoms with Crippen LogP contribution in [0.2, 0.25) is 0 Å². The molecule has 0 aliphatic rings. The molecule has 2 rings (SSSR count). The summed E-state index contributed by atoms with van der Waals surface area (Å²) in [6.07, 6.45) is 5.62. The molecule has 0 radical (unpaired) electrons. The zero-order valence-corrected chi connectivity index (χ0v) is 7.64. The highest BCUT2D eigenvalue weighted by atomic mass is 16.4. The monoisotopic (exact) mass is 191 g/mol. The third-order valence-electron chi connectivity index (χ3n) is 2.05. The molecule has 5 nitrogen and oxygen atoms in total. The summed E-state index contributed by atoms with van der Waals surface area (Å²) in [5, 5.41) is 12.7. The maximum Gasteiger partial charge on any atom is 0.341 e. The van der Waals surface area contributed by atoms with Gasteiger partial charge in [-0.15, -0.1) is 0 Å². The lowest BCUT2D eigenvalue weighted by atomic mass is 10.3. The maximum atomic E-state index is 10.7. The lowest BCUT2D eigenvalue weighted by Crippen LogP contribution is -1.98. The summed E-state index contributed by atoms with van der Waals surface area (Å²) in [6.45, 7) is 2.00. The van der Waals surface area contributed by atoms with E-state index in [0.717, 1.165) is 12.0 Å². The quantitative estimate of drug-likeness (QED) is 0.768. The summed E-state index contributed by atoms with van der Waals surface area (Å²) < 4.78 is 1.49. The summed E-state index contributed by atoms with van der Waals surface area (Å²) in [4.78, 5) is 14.8. The standard InChI is InChI=1S/C9H9N3O2/c1-2-6-3-10-8-7(9(13)14)4-11-12(8)5-6/h3-5H,2H2,1H3,(H,13,14). The maximum absolute atomic E-state index is 10.7. The number of nitrogens with zero attached hydrogens (tertiary/aromatic N) is 3. The highest BCUT2D eigenvalue weighted by Crippen LogP contribution is 2.08. The minimum absolute atomic E-state index is 0.132. The molecule has 5 heteroatoms. The van der Waals surface area contributed by atoms with Gasteiger partial charge in [-0.05, 0) is 12.0 Å². The molecule has 0 fully saturated rings. The van der Waals surface area contributed by atoms with E-state index in [0.29, 0.717) is 5.65 Å². The Hall–Kier alpha value is -1.91. The van der Waals surface area contributed by atoms with Crippen LogP contribution < -0.4 is 0 Å². The molecule has 0 amide bonds. The average Bonchev–Trinajstić information content (AvgIpc) is 2.59. The van der Waals surface area contributed by atoms with Crippen molar-refractivity contribution in [2.75, 3.05) is 0 Å². The molecule has 0 saturated carbocycles. The predicted molar refractivity (Wildman–Crippen MR) is 49.3 cm³/mol. The van der Waals surface area contributed by atoms with Crippen molar-refractivity contribution in [3.63, 3.8) is 0 Å². The third kappa shape index (κ3) is 1.22. The Balaban J connectivity index is 2.65. The highest BCUT2D eigenvalue weighted by molar-refractivity contribution is 5.93. The van der Waals surface area contributed by atoms with Crippen LogP contribution in [0.25, 0.3) is 5.65 Å². The van der Waals surface area contributed by atoms with Crippen LogP contribution in [0.15, 0.2) is 18.6 Å². The second-order valence-electron chi connectivity index (χ2n) is 2.95. The number of hydrogen-bond donors (Lipinski definition) is 1. The van der Waals surface area contributed by atoms with Gasteiger partial charge >= 0.3 is 5.97 Å². The Morgan fingerprint density at radius 2 is 2.36 bits per heavy atom. The van der Waals surface area contributed by atoms with E-state index in [9.17, 15) is 4.79 Å². The van der Waals surface area contributed by atoms with Gasteiger partial charge < -0.3 is 5.11 Å². The van der Waals surface area contributed by atoms with Gasteiger partial charge in [0.1, 0.15) is 5.56 Å². The van der Waals surface area contributed by atoms with Crippen LogP contribution in [0.1, 0.15) is 22.8 Å². The smallest absolute Gasteiger partial charge is 0.341 e. The minimum atomic E-state index is -1.00. The van der Waals surface area contributed by atoms with Crippen LogP contribution >= 0.6 is 0 Å². The number of fused-ring (bicyclic) bond motifs is 1. The Labute approximate surface area is 80.0 Å². The van der Waals surface area contributed by atoms with Gasteiger partial charge in [-0.2, -0.15) is 5.10 Å². The van der Waals surface area contributed by atoms with Gasteiger partial charge in [0, 0.05) is 12.4 Å². The van der Waals surface area contributed by atoms with Crippen molar-refractivity contribution in [1.29, 1.82) is 0 Å². The fraction of sp³-hybridized carbons (Fsp3) is 0.222. The molecule has 1 N–H and O–H groups in total. The van der Waals surface area contributed by atoms with Crippen LogP contribution in [0.5, 0.6) is 0 Å². The van der Waals surface area contributed by atoms with E-state index in [2.05, 4.69) is 10.1 Å². The molecule has 0 saturated heterocycles. The largest absolute Gasteiger partial charge is 0.477 e. The third-order valence-corrected chi connectivity index (χ3v) is 2.05. The van der Waals surface area contributed by atoms with Crippen LogP contribution in [0.3, 0.4) is 0 Å². The number of carbonyl (C=O) groups is 1. The molecule has 0 aromatic carbocycles. The van der Waals surface area contributed by atoms with Crippen molar-refractivity contribution in [2.45, 2.75) is 13.3 Å². The van der Waals surface area contributed by atoms with Crippen LogP contribution in [-0.4, -0.2) is 25.7 Å². The number of aryl methyl sites for hydroxylation is 1. The number of hydrogen-bond acceptors (Lipinski definition) is 3. The SMILES string of the molecule is CCc1cnc2c(C(=O)O)cnn2c1. The van der Waals surface area contributed by atoms with Crippen molar-refractivity contribution >= 4 is 11.6 Å². The van der Waals surface area contributed by atoms with Crippen molar-refractivity contribution in [3.05, 3.63) is 29.7 Å². The predicted octanol–water partition coefficient (Wildman–Crippen LogP) is 0.990. The molecule has 0 bridgehead atoms. The van der Waals surface area contributed by atoms with Gasteiger partial charge in [-0.1, -0.05) is 6.92 Å². The van der Waals surface area contributed by atoms with E-state index in [-0.39, 0.29) is 5.56 Å². The Kier molecular flexibility index (Phi) is 1.92. The van der Waals surface area contributed by atoms with E-state index < -0.39 is 5.97 Å². The Morgan fingerprint density at radius 1 is 1.57 bits per heavy atom. The number of aromatic carboxylic acids is 1. The number of carboxylic acid groups (broad SMARTS) is 1. The Morgan fingerprint density at radius 3 is 3.00 bits per heavy atom. The van der Waals surface area contributed by atoms with E-state index in [1.165, 1.54) is 10.7 Å². The van der Waals surface area contributed by atoms with E-state index in [1.807, 2.05) is 6.92 Å². The van der Waals surface area contributed by atoms with Gasteiger partial charge in [0.15, 0.2) is 5.65 Å². The first-order chi connectivity index (χ1) is 6.72. The molecule has 0 spiro atoms. The van der Waals surface area contributed by atoms with Gasteiger partial charge in [0.25, 0.3) is 0 Å². The zero-order valence-electron chi connectivity index (χ0n) is 7.64. The summed E-state index contributed by atoms with van der Waals surface area (Å²) >= 11 is 0. The number of aromatic nitrogens is 3. The minimum Gasteiger partial charge on any atom is -0.477 e. The molecule has 72 valence electrons. The van der Waals surface area contributed by atoms with E-state index in [1.54, 1.807) is 12.4 Å². The van der Waals surface area contributed by atoms with Crippen molar-refractivity contribution in [3.8, 4) is 0 Å². The number of carboxylic acids is 1. The van der Waals surface area contributed by atoms with Gasteiger partial charge in [-0.3, -0.25) is 0 Å². The summed E-state index contributed by atoms with van der Waals surface area (Å²) in [5.41, 5.74) is 1.54. The molecule has 0 aliphatic carbocycles. The molecular weight excluding hydrogens is 182 g/mol. The van der Waals surface area contributed by atoms with E-state index in [4.69, 9.17) is 5.11 Å². The molecule has 2 aromatic heterocycles. The van der Waals surface area contributed by atoms with Gasteiger partial charge in [-0.25, -0.2) is 14.3 Å². The number of rotatable bonds is 2. The van der Waals surface area contributed by atoms with Crippen LogP contribution in [-0.2, 0) is 6.42 Å². The summed E-state index contributed by atoms with van der Waals surface area (Å²) in [7, 11) is 0. The average molecular weight is 191 g/mol. The van der Waals surface area contributed by atoms with Crippen molar-refractivity contribution in [1.82, 2.24) is 14.6 Å². The van der Waals surface area contributed by atoms with Crippen LogP contribution in [0.4, 0.5) is 0 Å². The zero-order chi connectivity index (χ0) is 10.1. The second-order valence-corrected chi connectivity index (χ2v) is 2.95. The first kappa shape index (κ1) is 8.68. The molecule has 0 unspecified atom stereocenters. The van der Waals surface area contributed by atoms with Crippen LogP contribution in [0, 0.1) is 0 Å². The van der Waals surface area contributed by atoms with Gasteiger partial charge in [0.2, 0.25) is 0 Å². The molecule has 2 aromatic rings. The second kappa shape index (κ2) is 3.10. The fourth-order valence-electron chi connectivity index (χ4n) is 1.25. The normalized spacial score (nSPS) is 10.6. The van der Waals surface area contributed by atoms with E-state index >= 15 is 0 Å². The molecule has 14 heavy (non-hydrogen) atoms. The lowest BCUT2D eigenvalue weighted by Gasteiger charge is -1.97. The lowest BCUT2D eigenvalue weighted by molar-refractivity contribution is 0.0699. The van der Waals surface area contributed by atoms with Gasteiger partial charge in [0.05, 0.1) is 6.20 Å². The van der Waals surface area contributed by atoms with Crippen molar-refractivity contribution < 1.29 is 9.90 Å². The first-order valence-electron chi connectivity index (χ1n) is 4.28. The molecule has 2 heterocycles. The Bertz CT molecular complexity index is 490. The molecular formula is C9H9N3O2. The molecule has 0 aliphatic heterocycles.